The molecule has 52 valence electrons. The summed E-state index contributed by atoms with van der Waals surface area (Å²) in [5.74, 6) is 0. The van der Waals surface area contributed by atoms with Gasteiger partial charge < -0.3 is 10.0 Å². The zero-order valence-corrected chi connectivity index (χ0v) is 7.23. The monoisotopic (exact) mass is 210 g/mol. The van der Waals surface area contributed by atoms with Crippen LogP contribution in [0, 0.1) is 0 Å². The Bertz CT molecular complexity index is 103. The lowest BCUT2D eigenvalue weighted by atomic mass is 9.83. The normalized spacial score (nSPS) is 35.0. The van der Waals surface area contributed by atoms with Gasteiger partial charge in [0.15, 0.2) is 0 Å². The molecular weight excluding hydrogens is 203 g/mol. The van der Waals surface area contributed by atoms with E-state index in [-0.39, 0.29) is 5.15 Å². The first-order chi connectivity index (χ1) is 4.20. The van der Waals surface area contributed by atoms with E-state index in [0.717, 1.165) is 12.8 Å². The van der Waals surface area contributed by atoms with Crippen molar-refractivity contribution in [1.29, 1.82) is 0 Å². The van der Waals surface area contributed by atoms with Gasteiger partial charge in [0.2, 0.25) is 0 Å². The highest BCUT2D eigenvalue weighted by Crippen LogP contribution is 2.37. The second-order valence-electron chi connectivity index (χ2n) is 2.08. The van der Waals surface area contributed by atoms with Crippen molar-refractivity contribution in [3.05, 3.63) is 0 Å². The lowest BCUT2D eigenvalue weighted by Gasteiger charge is -2.04. The Kier molecular flexibility index (Phi) is 2.88. The van der Waals surface area contributed by atoms with E-state index in [4.69, 9.17) is 10.0 Å². The minimum Gasteiger partial charge on any atom is -0.426 e. The second kappa shape index (κ2) is 3.28. The molecule has 0 amide bonds. The molecule has 1 rings (SSSR count). The molecule has 9 heavy (non-hydrogen) atoms. The van der Waals surface area contributed by atoms with E-state index in [1.165, 1.54) is 0 Å². The minimum absolute atomic E-state index is 0.0226. The maximum absolute atomic E-state index is 8.68. The fourth-order valence-electron chi connectivity index (χ4n) is 0.840. The summed E-state index contributed by atoms with van der Waals surface area (Å²) in [7, 11) is -1.14. The van der Waals surface area contributed by atoms with Gasteiger partial charge in [-0.25, -0.2) is 0 Å². The molecule has 2 unspecified atom stereocenters. The van der Waals surface area contributed by atoms with E-state index >= 15 is 0 Å². The molecule has 0 spiro atoms. The third-order valence-electron chi connectivity index (χ3n) is 1.33. The SMILES string of the molecule is OB(O)C1CCC(Br)S1. The summed E-state index contributed by atoms with van der Waals surface area (Å²) in [4.78, 5) is 0. The van der Waals surface area contributed by atoms with E-state index in [1.807, 2.05) is 0 Å². The summed E-state index contributed by atoms with van der Waals surface area (Å²) in [6.07, 6.45) is 1.94. The maximum Gasteiger partial charge on any atom is 0.465 e. The van der Waals surface area contributed by atoms with Crippen LogP contribution < -0.4 is 0 Å². The predicted molar refractivity (Wildman–Crippen MR) is 43.5 cm³/mol. The summed E-state index contributed by atoms with van der Waals surface area (Å²) < 4.78 is 0.421. The molecule has 2 nitrogen and oxygen atoms in total. The summed E-state index contributed by atoms with van der Waals surface area (Å²) in [6, 6.07) is 0. The summed E-state index contributed by atoms with van der Waals surface area (Å²) >= 11 is 4.98. The van der Waals surface area contributed by atoms with E-state index in [0.29, 0.717) is 4.16 Å². The molecule has 0 radical (unpaired) electrons. The lowest BCUT2D eigenvalue weighted by Crippen LogP contribution is -2.25. The molecule has 0 aromatic heterocycles. The molecule has 5 heteroatoms. The number of halogens is 1. The van der Waals surface area contributed by atoms with Gasteiger partial charge in [0.1, 0.15) is 0 Å². The van der Waals surface area contributed by atoms with Crippen molar-refractivity contribution >= 4 is 34.8 Å². The molecular formula is C4H8BBrO2S. The number of hydrogen-bond donors (Lipinski definition) is 2. The van der Waals surface area contributed by atoms with Gasteiger partial charge in [-0.2, -0.15) is 0 Å². The zero-order chi connectivity index (χ0) is 6.85. The largest absolute Gasteiger partial charge is 0.465 e. The van der Waals surface area contributed by atoms with Crippen molar-refractivity contribution in [2.24, 2.45) is 0 Å². The van der Waals surface area contributed by atoms with Crippen molar-refractivity contribution < 1.29 is 10.0 Å². The minimum atomic E-state index is -1.14. The van der Waals surface area contributed by atoms with Crippen LogP contribution in [0.25, 0.3) is 0 Å². The van der Waals surface area contributed by atoms with Crippen molar-refractivity contribution in [3.8, 4) is 0 Å². The van der Waals surface area contributed by atoms with Crippen LogP contribution in [0.4, 0.5) is 0 Å². The molecule has 1 aliphatic heterocycles. The van der Waals surface area contributed by atoms with E-state index in [9.17, 15) is 0 Å². The molecule has 0 bridgehead atoms. The molecule has 2 atom stereocenters. The second-order valence-corrected chi connectivity index (χ2v) is 5.23. The zero-order valence-electron chi connectivity index (χ0n) is 4.83. The third kappa shape index (κ3) is 2.15. The van der Waals surface area contributed by atoms with Gasteiger partial charge in [-0.3, -0.25) is 0 Å². The Labute approximate surface area is 67.3 Å². The predicted octanol–water partition coefficient (Wildman–Crippen LogP) is 0.615. The van der Waals surface area contributed by atoms with Crippen molar-refractivity contribution in [1.82, 2.24) is 0 Å². The molecule has 0 saturated carbocycles. The first kappa shape index (κ1) is 7.92. The van der Waals surface area contributed by atoms with E-state index < -0.39 is 7.12 Å². The first-order valence-corrected chi connectivity index (χ1v) is 4.71. The van der Waals surface area contributed by atoms with Crippen LogP contribution in [0.1, 0.15) is 12.8 Å². The van der Waals surface area contributed by atoms with Gasteiger partial charge in [0.25, 0.3) is 0 Å². The van der Waals surface area contributed by atoms with Crippen LogP contribution in [-0.4, -0.2) is 26.5 Å². The smallest absolute Gasteiger partial charge is 0.426 e. The van der Waals surface area contributed by atoms with Gasteiger partial charge in [-0.1, -0.05) is 15.9 Å². The Morgan fingerprint density at radius 1 is 1.44 bits per heavy atom. The number of alkyl halides is 1. The van der Waals surface area contributed by atoms with Gasteiger partial charge in [0.05, 0.1) is 4.16 Å². The van der Waals surface area contributed by atoms with E-state index in [2.05, 4.69) is 15.9 Å². The molecule has 1 heterocycles. The number of rotatable bonds is 1. The highest BCUT2D eigenvalue weighted by Gasteiger charge is 2.31. The standard InChI is InChI=1S/C4H8BBrO2S/c6-4-2-1-3(9-4)5(7)8/h3-4,7-8H,1-2H2. The molecule has 0 aromatic carbocycles. The summed E-state index contributed by atoms with van der Waals surface area (Å²) in [6.45, 7) is 0. The third-order valence-corrected chi connectivity index (χ3v) is 3.80. The van der Waals surface area contributed by atoms with Crippen LogP contribution in [0.5, 0.6) is 0 Å². The molecule has 1 saturated heterocycles. The average Bonchev–Trinajstić information content (AvgIpc) is 2.14. The Balaban J connectivity index is 2.30. The van der Waals surface area contributed by atoms with Crippen molar-refractivity contribution in [2.45, 2.75) is 22.2 Å². The lowest BCUT2D eigenvalue weighted by molar-refractivity contribution is 0.401. The van der Waals surface area contributed by atoms with Crippen LogP contribution in [-0.2, 0) is 0 Å². The van der Waals surface area contributed by atoms with Gasteiger partial charge in [-0.15, -0.1) is 11.8 Å². The summed E-state index contributed by atoms with van der Waals surface area (Å²) in [5, 5.41) is 17.4. The Morgan fingerprint density at radius 3 is 2.33 bits per heavy atom. The Morgan fingerprint density at radius 2 is 2.11 bits per heavy atom. The van der Waals surface area contributed by atoms with Crippen LogP contribution in [0.3, 0.4) is 0 Å². The van der Waals surface area contributed by atoms with Crippen molar-refractivity contribution in [3.63, 3.8) is 0 Å². The molecule has 1 fully saturated rings. The van der Waals surface area contributed by atoms with Crippen LogP contribution in [0.2, 0.25) is 0 Å². The highest BCUT2D eigenvalue weighted by molar-refractivity contribution is 9.11. The maximum atomic E-state index is 8.68. The van der Waals surface area contributed by atoms with Gasteiger partial charge >= 0.3 is 7.12 Å². The molecule has 2 N–H and O–H groups in total. The fourth-order valence-corrected chi connectivity index (χ4v) is 3.00. The Hall–Kier alpha value is 0.815. The van der Waals surface area contributed by atoms with Gasteiger partial charge in [-0.05, 0) is 12.8 Å². The number of thioether (sulfide) groups is 1. The molecule has 0 aromatic rings. The topological polar surface area (TPSA) is 40.5 Å². The molecule has 0 aliphatic carbocycles. The average molecular weight is 211 g/mol. The highest BCUT2D eigenvalue weighted by atomic mass is 79.9. The van der Waals surface area contributed by atoms with Crippen LogP contribution >= 0.6 is 27.7 Å². The summed E-state index contributed by atoms with van der Waals surface area (Å²) in [5.41, 5.74) is 0. The fraction of sp³-hybridized carbons (Fsp3) is 1.00. The molecule has 1 aliphatic rings. The van der Waals surface area contributed by atoms with E-state index in [1.54, 1.807) is 11.8 Å². The van der Waals surface area contributed by atoms with Crippen molar-refractivity contribution in [2.75, 3.05) is 0 Å². The quantitative estimate of drug-likeness (QED) is 0.493. The first-order valence-electron chi connectivity index (χ1n) is 2.86. The van der Waals surface area contributed by atoms with Crippen LogP contribution in [0.15, 0.2) is 0 Å². The van der Waals surface area contributed by atoms with Gasteiger partial charge in [0, 0.05) is 5.15 Å². The number of hydrogen-bond acceptors (Lipinski definition) is 3.